The van der Waals surface area contributed by atoms with Crippen molar-refractivity contribution in [2.75, 3.05) is 18.5 Å². The molecular formula is C19H25NO. The first-order chi connectivity index (χ1) is 10.3. The summed E-state index contributed by atoms with van der Waals surface area (Å²) in [7, 11) is 0. The Morgan fingerprint density at radius 3 is 1.95 bits per heavy atom. The van der Waals surface area contributed by atoms with Gasteiger partial charge in [-0.1, -0.05) is 38.1 Å². The highest BCUT2D eigenvalue weighted by atomic mass is 16.5. The van der Waals surface area contributed by atoms with Crippen LogP contribution in [0, 0.1) is 0 Å². The van der Waals surface area contributed by atoms with Crippen LogP contribution in [-0.2, 0) is 12.8 Å². The SMILES string of the molecule is CCc1ccc(NCCCOc2ccc(CC)cc2)cc1. The van der Waals surface area contributed by atoms with Gasteiger partial charge in [-0.25, -0.2) is 0 Å². The molecular weight excluding hydrogens is 258 g/mol. The Bertz CT molecular complexity index is 467. The highest BCUT2D eigenvalue weighted by Crippen LogP contribution is 2.13. The van der Waals surface area contributed by atoms with E-state index in [4.69, 9.17) is 4.74 Å². The molecule has 0 aliphatic rings. The average Bonchev–Trinajstić information content (AvgIpc) is 2.55. The van der Waals surface area contributed by atoms with E-state index in [9.17, 15) is 0 Å². The van der Waals surface area contributed by atoms with Gasteiger partial charge in [0, 0.05) is 12.2 Å². The van der Waals surface area contributed by atoms with Crippen LogP contribution in [0.25, 0.3) is 0 Å². The average molecular weight is 283 g/mol. The van der Waals surface area contributed by atoms with E-state index in [0.717, 1.165) is 38.2 Å². The maximum absolute atomic E-state index is 5.74. The quantitative estimate of drug-likeness (QED) is 0.709. The molecule has 0 aromatic heterocycles. The molecule has 0 bridgehead atoms. The van der Waals surface area contributed by atoms with Crippen LogP contribution < -0.4 is 10.1 Å². The van der Waals surface area contributed by atoms with Crippen molar-refractivity contribution in [1.82, 2.24) is 0 Å². The van der Waals surface area contributed by atoms with Crippen LogP contribution in [0.1, 0.15) is 31.4 Å². The molecule has 0 radical (unpaired) electrons. The molecule has 0 atom stereocenters. The minimum atomic E-state index is 0.742. The van der Waals surface area contributed by atoms with Crippen LogP contribution in [0.3, 0.4) is 0 Å². The fraction of sp³-hybridized carbons (Fsp3) is 0.368. The number of nitrogens with one attached hydrogen (secondary N) is 1. The van der Waals surface area contributed by atoms with E-state index in [1.54, 1.807) is 0 Å². The molecule has 0 amide bonds. The van der Waals surface area contributed by atoms with Gasteiger partial charge in [-0.15, -0.1) is 0 Å². The first kappa shape index (κ1) is 15.4. The summed E-state index contributed by atoms with van der Waals surface area (Å²) in [4.78, 5) is 0. The summed E-state index contributed by atoms with van der Waals surface area (Å²) in [6, 6.07) is 17.0. The molecule has 2 aromatic rings. The molecule has 2 rings (SSSR count). The van der Waals surface area contributed by atoms with Crippen LogP contribution in [0.4, 0.5) is 5.69 Å². The second-order valence-electron chi connectivity index (χ2n) is 5.18. The third-order valence-electron chi connectivity index (χ3n) is 3.61. The summed E-state index contributed by atoms with van der Waals surface area (Å²) in [5.41, 5.74) is 3.90. The van der Waals surface area contributed by atoms with Gasteiger partial charge < -0.3 is 10.1 Å². The van der Waals surface area contributed by atoms with Gasteiger partial charge >= 0.3 is 0 Å². The summed E-state index contributed by atoms with van der Waals surface area (Å²) in [5.74, 6) is 0.958. The first-order valence-electron chi connectivity index (χ1n) is 7.86. The molecule has 1 N–H and O–H groups in total. The Kier molecular flexibility index (Phi) is 6.14. The van der Waals surface area contributed by atoms with Crippen LogP contribution in [0.2, 0.25) is 0 Å². The van der Waals surface area contributed by atoms with Crippen molar-refractivity contribution in [3.05, 3.63) is 59.7 Å². The van der Waals surface area contributed by atoms with Crippen LogP contribution in [0.5, 0.6) is 5.75 Å². The number of hydrogen-bond donors (Lipinski definition) is 1. The molecule has 0 aliphatic heterocycles. The summed E-state index contributed by atoms with van der Waals surface area (Å²) < 4.78 is 5.74. The van der Waals surface area contributed by atoms with Gasteiger partial charge in [-0.3, -0.25) is 0 Å². The van der Waals surface area contributed by atoms with Crippen molar-refractivity contribution < 1.29 is 4.74 Å². The fourth-order valence-electron chi connectivity index (χ4n) is 2.17. The van der Waals surface area contributed by atoms with Gasteiger partial charge in [0.25, 0.3) is 0 Å². The molecule has 21 heavy (non-hydrogen) atoms. The van der Waals surface area contributed by atoms with E-state index in [1.807, 2.05) is 0 Å². The van der Waals surface area contributed by atoms with Crippen LogP contribution >= 0.6 is 0 Å². The number of anilines is 1. The molecule has 112 valence electrons. The van der Waals surface area contributed by atoms with Crippen molar-refractivity contribution in [2.45, 2.75) is 33.1 Å². The third-order valence-corrected chi connectivity index (χ3v) is 3.61. The van der Waals surface area contributed by atoms with Gasteiger partial charge in [0.15, 0.2) is 0 Å². The van der Waals surface area contributed by atoms with E-state index in [2.05, 4.69) is 67.7 Å². The third kappa shape index (κ3) is 5.14. The lowest BCUT2D eigenvalue weighted by atomic mass is 10.1. The summed E-state index contributed by atoms with van der Waals surface area (Å²) >= 11 is 0. The highest BCUT2D eigenvalue weighted by molar-refractivity contribution is 5.44. The minimum Gasteiger partial charge on any atom is -0.494 e. The maximum Gasteiger partial charge on any atom is 0.119 e. The molecule has 0 saturated heterocycles. The smallest absolute Gasteiger partial charge is 0.119 e. The predicted octanol–water partition coefficient (Wildman–Crippen LogP) is 4.69. The molecule has 0 fully saturated rings. The number of hydrogen-bond acceptors (Lipinski definition) is 2. The topological polar surface area (TPSA) is 21.3 Å². The monoisotopic (exact) mass is 283 g/mol. The van der Waals surface area contributed by atoms with E-state index in [1.165, 1.54) is 16.8 Å². The van der Waals surface area contributed by atoms with Crippen molar-refractivity contribution in [3.63, 3.8) is 0 Å². The van der Waals surface area contributed by atoms with E-state index >= 15 is 0 Å². The molecule has 0 unspecified atom stereocenters. The standard InChI is InChI=1S/C19H25NO/c1-3-16-6-10-18(11-7-16)20-14-5-15-21-19-12-8-17(4-2)9-13-19/h6-13,20H,3-5,14-15H2,1-2H3. The number of aryl methyl sites for hydroxylation is 2. The summed E-state index contributed by atoms with van der Waals surface area (Å²) in [5, 5.41) is 3.42. The van der Waals surface area contributed by atoms with Crippen LogP contribution in [-0.4, -0.2) is 13.2 Å². The van der Waals surface area contributed by atoms with Crippen LogP contribution in [0.15, 0.2) is 48.5 Å². The maximum atomic E-state index is 5.74. The number of ether oxygens (including phenoxy) is 1. The molecule has 0 spiro atoms. The Balaban J connectivity index is 1.64. The predicted molar refractivity (Wildman–Crippen MR) is 90.2 cm³/mol. The Morgan fingerprint density at radius 2 is 1.38 bits per heavy atom. The zero-order chi connectivity index (χ0) is 14.9. The zero-order valence-corrected chi connectivity index (χ0v) is 13.1. The Labute approximate surface area is 128 Å². The Hall–Kier alpha value is -1.96. The molecule has 2 heteroatoms. The van der Waals surface area contributed by atoms with Gasteiger partial charge in [-0.05, 0) is 54.7 Å². The molecule has 2 nitrogen and oxygen atoms in total. The normalized spacial score (nSPS) is 10.4. The van der Waals surface area contributed by atoms with Crippen molar-refractivity contribution in [3.8, 4) is 5.75 Å². The van der Waals surface area contributed by atoms with Gasteiger partial charge in [0.2, 0.25) is 0 Å². The lowest BCUT2D eigenvalue weighted by molar-refractivity contribution is 0.315. The summed E-state index contributed by atoms with van der Waals surface area (Å²) in [6.45, 7) is 6.01. The highest BCUT2D eigenvalue weighted by Gasteiger charge is 1.96. The molecule has 0 heterocycles. The second-order valence-corrected chi connectivity index (χ2v) is 5.18. The van der Waals surface area contributed by atoms with Gasteiger partial charge in [0.05, 0.1) is 6.61 Å². The van der Waals surface area contributed by atoms with E-state index in [-0.39, 0.29) is 0 Å². The molecule has 0 saturated carbocycles. The lowest BCUT2D eigenvalue weighted by Crippen LogP contribution is -2.07. The van der Waals surface area contributed by atoms with Crippen molar-refractivity contribution in [1.29, 1.82) is 0 Å². The van der Waals surface area contributed by atoms with Gasteiger partial charge in [-0.2, -0.15) is 0 Å². The fourth-order valence-corrected chi connectivity index (χ4v) is 2.17. The minimum absolute atomic E-state index is 0.742. The zero-order valence-electron chi connectivity index (χ0n) is 13.1. The van der Waals surface area contributed by atoms with E-state index < -0.39 is 0 Å². The lowest BCUT2D eigenvalue weighted by Gasteiger charge is -2.09. The molecule has 2 aromatic carbocycles. The summed E-state index contributed by atoms with van der Waals surface area (Å²) in [6.07, 6.45) is 3.15. The van der Waals surface area contributed by atoms with Gasteiger partial charge in [0.1, 0.15) is 5.75 Å². The first-order valence-corrected chi connectivity index (χ1v) is 7.86. The van der Waals surface area contributed by atoms with E-state index in [0.29, 0.717) is 0 Å². The number of rotatable bonds is 8. The number of benzene rings is 2. The van der Waals surface area contributed by atoms with Crippen molar-refractivity contribution >= 4 is 5.69 Å². The molecule has 0 aliphatic carbocycles. The largest absolute Gasteiger partial charge is 0.494 e. The second kappa shape index (κ2) is 8.35. The Morgan fingerprint density at radius 1 is 0.810 bits per heavy atom. The van der Waals surface area contributed by atoms with Crippen molar-refractivity contribution in [2.24, 2.45) is 0 Å².